The van der Waals surface area contributed by atoms with Crippen molar-refractivity contribution in [2.24, 2.45) is 0 Å². The highest BCUT2D eigenvalue weighted by Crippen LogP contribution is 2.26. The number of ether oxygens (including phenoxy) is 1. The summed E-state index contributed by atoms with van der Waals surface area (Å²) >= 11 is 1.14. The van der Waals surface area contributed by atoms with Crippen molar-refractivity contribution in [1.82, 2.24) is 15.1 Å². The van der Waals surface area contributed by atoms with Crippen LogP contribution >= 0.6 is 11.3 Å². The Balaban J connectivity index is 1.23. The van der Waals surface area contributed by atoms with Gasteiger partial charge in [-0.2, -0.15) is 0 Å². The van der Waals surface area contributed by atoms with Gasteiger partial charge in [0.05, 0.1) is 24.3 Å². The number of aryl methyl sites for hydroxylation is 1. The SMILES string of the molecule is CCc1ccc(OCCCC(=O)Nc2nnc(CN3C(=O)c4ccccc4C3=O)s2)cc1. The molecule has 2 heterocycles. The monoisotopic (exact) mass is 450 g/mol. The van der Waals surface area contributed by atoms with Gasteiger partial charge in [0.1, 0.15) is 10.8 Å². The van der Waals surface area contributed by atoms with E-state index in [0.29, 0.717) is 34.3 Å². The van der Waals surface area contributed by atoms with Crippen LogP contribution in [0, 0.1) is 0 Å². The molecule has 9 heteroatoms. The van der Waals surface area contributed by atoms with Crippen LogP contribution in [0.3, 0.4) is 0 Å². The first-order chi connectivity index (χ1) is 15.5. The third kappa shape index (κ3) is 4.83. The lowest BCUT2D eigenvalue weighted by Gasteiger charge is -2.10. The molecule has 0 fully saturated rings. The maximum absolute atomic E-state index is 12.5. The van der Waals surface area contributed by atoms with Crippen LogP contribution in [-0.4, -0.2) is 39.4 Å². The molecule has 4 rings (SSSR count). The van der Waals surface area contributed by atoms with Crippen molar-refractivity contribution in [2.75, 3.05) is 11.9 Å². The van der Waals surface area contributed by atoms with Crippen LogP contribution in [0.4, 0.5) is 5.13 Å². The quantitative estimate of drug-likeness (QED) is 0.394. The van der Waals surface area contributed by atoms with Crippen LogP contribution < -0.4 is 10.1 Å². The van der Waals surface area contributed by atoms with Gasteiger partial charge in [0.15, 0.2) is 0 Å². The van der Waals surface area contributed by atoms with Gasteiger partial charge in [-0.1, -0.05) is 42.5 Å². The van der Waals surface area contributed by atoms with E-state index in [-0.39, 0.29) is 30.7 Å². The number of rotatable bonds is 9. The number of anilines is 1. The Hall–Kier alpha value is -3.59. The standard InChI is InChI=1S/C23H22N4O4S/c1-2-15-9-11-16(12-10-15)31-13-5-8-19(28)24-23-26-25-20(32-23)14-27-21(29)17-6-3-4-7-18(17)22(27)30/h3-4,6-7,9-12H,2,5,8,13-14H2,1H3,(H,24,26,28). The molecule has 1 N–H and O–H groups in total. The molecule has 0 unspecified atom stereocenters. The molecule has 32 heavy (non-hydrogen) atoms. The number of carbonyl (C=O) groups is 3. The molecule has 1 aliphatic heterocycles. The largest absolute Gasteiger partial charge is 0.494 e. The van der Waals surface area contributed by atoms with E-state index in [2.05, 4.69) is 22.4 Å². The number of fused-ring (bicyclic) bond motifs is 1. The highest BCUT2D eigenvalue weighted by molar-refractivity contribution is 7.15. The summed E-state index contributed by atoms with van der Waals surface area (Å²) in [5.41, 5.74) is 2.02. The summed E-state index contributed by atoms with van der Waals surface area (Å²) in [4.78, 5) is 38.2. The first-order valence-electron chi connectivity index (χ1n) is 10.3. The Labute approximate surface area is 189 Å². The molecule has 0 saturated heterocycles. The Morgan fingerprint density at radius 3 is 2.38 bits per heavy atom. The van der Waals surface area contributed by atoms with Crippen LogP contribution in [0.15, 0.2) is 48.5 Å². The number of nitrogens with one attached hydrogen (secondary N) is 1. The third-order valence-corrected chi connectivity index (χ3v) is 5.86. The summed E-state index contributed by atoms with van der Waals surface area (Å²) < 4.78 is 5.66. The summed E-state index contributed by atoms with van der Waals surface area (Å²) in [6.45, 7) is 2.55. The van der Waals surface area contributed by atoms with Gasteiger partial charge in [-0.05, 0) is 42.7 Å². The molecular formula is C23H22N4O4S. The fourth-order valence-electron chi connectivity index (χ4n) is 3.31. The van der Waals surface area contributed by atoms with E-state index in [9.17, 15) is 14.4 Å². The minimum Gasteiger partial charge on any atom is -0.494 e. The first kappa shape index (κ1) is 21.6. The summed E-state index contributed by atoms with van der Waals surface area (Å²) in [7, 11) is 0. The average molecular weight is 451 g/mol. The van der Waals surface area contributed by atoms with Gasteiger partial charge < -0.3 is 10.1 Å². The Morgan fingerprint density at radius 1 is 1.03 bits per heavy atom. The molecule has 0 spiro atoms. The van der Waals surface area contributed by atoms with Gasteiger partial charge >= 0.3 is 0 Å². The lowest BCUT2D eigenvalue weighted by Crippen LogP contribution is -2.29. The van der Waals surface area contributed by atoms with E-state index in [1.54, 1.807) is 24.3 Å². The molecule has 1 aromatic heterocycles. The predicted molar refractivity (Wildman–Crippen MR) is 120 cm³/mol. The van der Waals surface area contributed by atoms with E-state index in [0.717, 1.165) is 28.4 Å². The van der Waals surface area contributed by atoms with Gasteiger partial charge in [0, 0.05) is 6.42 Å². The van der Waals surface area contributed by atoms with Crippen molar-refractivity contribution in [3.8, 4) is 5.75 Å². The van der Waals surface area contributed by atoms with Gasteiger partial charge in [-0.3, -0.25) is 19.3 Å². The lowest BCUT2D eigenvalue weighted by atomic mass is 10.1. The minimum absolute atomic E-state index is 0.0184. The Bertz CT molecular complexity index is 1110. The zero-order valence-electron chi connectivity index (χ0n) is 17.5. The highest BCUT2D eigenvalue weighted by atomic mass is 32.1. The number of nitrogens with zero attached hydrogens (tertiary/aromatic N) is 3. The topological polar surface area (TPSA) is 101 Å². The van der Waals surface area contributed by atoms with Crippen molar-refractivity contribution >= 4 is 34.2 Å². The molecule has 0 radical (unpaired) electrons. The van der Waals surface area contributed by atoms with Crippen molar-refractivity contribution < 1.29 is 19.1 Å². The number of imide groups is 1. The summed E-state index contributed by atoms with van der Waals surface area (Å²) in [5.74, 6) is -0.116. The smallest absolute Gasteiger partial charge is 0.261 e. The number of benzene rings is 2. The summed E-state index contributed by atoms with van der Waals surface area (Å²) in [6.07, 6.45) is 1.81. The average Bonchev–Trinajstić information content (AvgIpc) is 3.35. The third-order valence-electron chi connectivity index (χ3n) is 5.03. The van der Waals surface area contributed by atoms with E-state index in [1.807, 2.05) is 24.3 Å². The predicted octanol–water partition coefficient (Wildman–Crippen LogP) is 3.69. The van der Waals surface area contributed by atoms with Gasteiger partial charge in [0.25, 0.3) is 11.8 Å². The second kappa shape index (κ2) is 9.69. The highest BCUT2D eigenvalue weighted by Gasteiger charge is 2.35. The maximum Gasteiger partial charge on any atom is 0.261 e. The van der Waals surface area contributed by atoms with Crippen LogP contribution in [0.2, 0.25) is 0 Å². The van der Waals surface area contributed by atoms with Crippen molar-refractivity contribution in [1.29, 1.82) is 0 Å². The lowest BCUT2D eigenvalue weighted by molar-refractivity contribution is -0.116. The van der Waals surface area contributed by atoms with Crippen molar-refractivity contribution in [3.05, 3.63) is 70.2 Å². The summed E-state index contributed by atoms with van der Waals surface area (Å²) in [5, 5.41) is 11.4. The minimum atomic E-state index is -0.351. The van der Waals surface area contributed by atoms with Crippen LogP contribution in [-0.2, 0) is 17.8 Å². The second-order valence-corrected chi connectivity index (χ2v) is 8.30. The molecule has 1 aliphatic rings. The van der Waals surface area contributed by atoms with E-state index >= 15 is 0 Å². The molecule has 8 nitrogen and oxygen atoms in total. The Morgan fingerprint density at radius 2 is 1.72 bits per heavy atom. The molecule has 3 amide bonds. The molecule has 2 aromatic carbocycles. The Kier molecular flexibility index (Phi) is 6.55. The van der Waals surface area contributed by atoms with Gasteiger partial charge in [-0.15, -0.1) is 10.2 Å². The fraction of sp³-hybridized carbons (Fsp3) is 0.261. The number of carbonyl (C=O) groups excluding carboxylic acids is 3. The number of hydrogen-bond acceptors (Lipinski definition) is 7. The number of hydrogen-bond donors (Lipinski definition) is 1. The van der Waals surface area contributed by atoms with Crippen LogP contribution in [0.5, 0.6) is 5.75 Å². The molecule has 0 bridgehead atoms. The number of amides is 3. The maximum atomic E-state index is 12.5. The van der Waals surface area contributed by atoms with Gasteiger partial charge in [-0.25, -0.2) is 0 Å². The molecule has 0 saturated carbocycles. The van der Waals surface area contributed by atoms with Crippen molar-refractivity contribution in [2.45, 2.75) is 32.7 Å². The molecular weight excluding hydrogens is 428 g/mol. The zero-order valence-corrected chi connectivity index (χ0v) is 18.4. The summed E-state index contributed by atoms with van der Waals surface area (Å²) in [6, 6.07) is 14.6. The second-order valence-electron chi connectivity index (χ2n) is 7.24. The van der Waals surface area contributed by atoms with E-state index < -0.39 is 0 Å². The zero-order chi connectivity index (χ0) is 22.5. The number of aromatic nitrogens is 2. The van der Waals surface area contributed by atoms with Crippen LogP contribution in [0.25, 0.3) is 0 Å². The van der Waals surface area contributed by atoms with Crippen LogP contribution in [0.1, 0.15) is 51.1 Å². The fourth-order valence-corrected chi connectivity index (χ4v) is 4.06. The first-order valence-corrected chi connectivity index (χ1v) is 11.2. The van der Waals surface area contributed by atoms with Gasteiger partial charge in [0.2, 0.25) is 11.0 Å². The van der Waals surface area contributed by atoms with E-state index in [1.165, 1.54) is 5.56 Å². The molecule has 0 aliphatic carbocycles. The molecule has 3 aromatic rings. The normalized spacial score (nSPS) is 12.7. The molecule has 0 atom stereocenters. The van der Waals surface area contributed by atoms with E-state index in [4.69, 9.17) is 4.74 Å². The van der Waals surface area contributed by atoms with Crippen molar-refractivity contribution in [3.63, 3.8) is 0 Å². The molecule has 164 valence electrons.